The predicted octanol–water partition coefficient (Wildman–Crippen LogP) is 3.22. The second-order valence-electron chi connectivity index (χ2n) is 7.39. The molecular formula is C21H25N3O7S. The molecule has 0 fully saturated rings. The SMILES string of the molecule is CC(=O)Nc1ccc(C)c(S(=O)(=O)NC(CC(=O)OC(C)C)c2ccccc2[N+](=O)[O-])c1. The largest absolute Gasteiger partial charge is 0.463 e. The van der Waals surface area contributed by atoms with Crippen molar-refractivity contribution in [2.24, 2.45) is 0 Å². The number of para-hydroxylation sites is 1. The molecule has 1 atom stereocenters. The Morgan fingerprint density at radius 1 is 1.16 bits per heavy atom. The fraction of sp³-hybridized carbons (Fsp3) is 0.333. The molecule has 0 saturated carbocycles. The lowest BCUT2D eigenvalue weighted by Crippen LogP contribution is -2.32. The van der Waals surface area contributed by atoms with Gasteiger partial charge in [-0.25, -0.2) is 13.1 Å². The fourth-order valence-corrected chi connectivity index (χ4v) is 4.55. The van der Waals surface area contributed by atoms with Crippen LogP contribution in [-0.2, 0) is 24.3 Å². The number of hydrogen-bond acceptors (Lipinski definition) is 7. The number of nitro groups is 1. The molecule has 0 aliphatic carbocycles. The first-order valence-electron chi connectivity index (χ1n) is 9.74. The molecule has 0 aliphatic heterocycles. The Kier molecular flexibility index (Phi) is 8.06. The van der Waals surface area contributed by atoms with Crippen LogP contribution in [0.3, 0.4) is 0 Å². The number of carbonyl (C=O) groups is 2. The zero-order valence-electron chi connectivity index (χ0n) is 18.1. The molecule has 0 aromatic heterocycles. The van der Waals surface area contributed by atoms with E-state index in [4.69, 9.17) is 4.74 Å². The average Bonchev–Trinajstić information content (AvgIpc) is 2.67. The van der Waals surface area contributed by atoms with Crippen LogP contribution in [0.1, 0.15) is 44.4 Å². The summed E-state index contributed by atoms with van der Waals surface area (Å²) >= 11 is 0. The third kappa shape index (κ3) is 6.59. The molecule has 2 N–H and O–H groups in total. The van der Waals surface area contributed by atoms with Gasteiger partial charge in [0.25, 0.3) is 5.69 Å². The van der Waals surface area contributed by atoms with Crippen molar-refractivity contribution in [3.05, 3.63) is 63.7 Å². The van der Waals surface area contributed by atoms with Crippen LogP contribution in [0.15, 0.2) is 47.4 Å². The molecule has 0 heterocycles. The monoisotopic (exact) mass is 463 g/mol. The lowest BCUT2D eigenvalue weighted by Gasteiger charge is -2.20. The summed E-state index contributed by atoms with van der Waals surface area (Å²) in [5.41, 5.74) is 0.348. The molecule has 32 heavy (non-hydrogen) atoms. The second-order valence-corrected chi connectivity index (χ2v) is 9.08. The first kappa shape index (κ1) is 25.0. The summed E-state index contributed by atoms with van der Waals surface area (Å²) in [5.74, 6) is -1.09. The van der Waals surface area contributed by atoms with Gasteiger partial charge in [0.1, 0.15) is 0 Å². The van der Waals surface area contributed by atoms with Crippen molar-refractivity contribution in [1.29, 1.82) is 0 Å². The number of anilines is 1. The van der Waals surface area contributed by atoms with Crippen molar-refractivity contribution in [3.8, 4) is 0 Å². The van der Waals surface area contributed by atoms with Crippen LogP contribution in [0.4, 0.5) is 11.4 Å². The highest BCUT2D eigenvalue weighted by Crippen LogP contribution is 2.30. The van der Waals surface area contributed by atoms with Crippen molar-refractivity contribution >= 4 is 33.3 Å². The van der Waals surface area contributed by atoms with E-state index in [1.54, 1.807) is 26.8 Å². The molecular weight excluding hydrogens is 438 g/mol. The second kappa shape index (κ2) is 10.3. The van der Waals surface area contributed by atoms with E-state index in [9.17, 15) is 28.1 Å². The highest BCUT2D eigenvalue weighted by Gasteiger charge is 2.30. The highest BCUT2D eigenvalue weighted by molar-refractivity contribution is 7.89. The first-order valence-corrected chi connectivity index (χ1v) is 11.2. The van der Waals surface area contributed by atoms with Gasteiger partial charge in [0.2, 0.25) is 15.9 Å². The number of benzene rings is 2. The molecule has 2 aromatic rings. The maximum absolute atomic E-state index is 13.2. The Labute approximate surface area is 186 Å². The lowest BCUT2D eigenvalue weighted by atomic mass is 10.0. The van der Waals surface area contributed by atoms with Gasteiger partial charge in [-0.1, -0.05) is 24.3 Å². The van der Waals surface area contributed by atoms with Gasteiger partial charge in [-0.3, -0.25) is 19.7 Å². The van der Waals surface area contributed by atoms with Crippen molar-refractivity contribution < 1.29 is 27.7 Å². The van der Waals surface area contributed by atoms with Crippen LogP contribution in [0, 0.1) is 17.0 Å². The lowest BCUT2D eigenvalue weighted by molar-refractivity contribution is -0.385. The standard InChI is InChI=1S/C21H25N3O7S/c1-13(2)31-21(26)12-18(17-7-5-6-8-19(17)24(27)28)23-32(29,30)20-11-16(22-15(4)25)10-9-14(20)3/h5-11,13,18,23H,12H2,1-4H3,(H,22,25). The molecule has 1 unspecified atom stereocenters. The molecule has 0 saturated heterocycles. The van der Waals surface area contributed by atoms with E-state index in [0.717, 1.165) is 0 Å². The number of ether oxygens (including phenoxy) is 1. The highest BCUT2D eigenvalue weighted by atomic mass is 32.2. The maximum atomic E-state index is 13.2. The van der Waals surface area contributed by atoms with Gasteiger partial charge in [-0.05, 0) is 38.5 Å². The van der Waals surface area contributed by atoms with Crippen LogP contribution in [0.5, 0.6) is 0 Å². The number of sulfonamides is 1. The molecule has 2 aromatic carbocycles. The van der Waals surface area contributed by atoms with Crippen LogP contribution in [0.2, 0.25) is 0 Å². The molecule has 0 aliphatic rings. The third-order valence-electron chi connectivity index (χ3n) is 4.34. The Balaban J connectivity index is 2.50. The van der Waals surface area contributed by atoms with Gasteiger partial charge < -0.3 is 10.1 Å². The van der Waals surface area contributed by atoms with E-state index in [1.165, 1.54) is 43.3 Å². The summed E-state index contributed by atoms with van der Waals surface area (Å²) in [6.45, 7) is 6.13. The van der Waals surface area contributed by atoms with Gasteiger partial charge in [-0.2, -0.15) is 0 Å². The van der Waals surface area contributed by atoms with Crippen molar-refractivity contribution in [2.75, 3.05) is 5.32 Å². The quantitative estimate of drug-likeness (QED) is 0.330. The number of amides is 1. The molecule has 10 nitrogen and oxygen atoms in total. The Morgan fingerprint density at radius 3 is 2.41 bits per heavy atom. The number of nitrogens with zero attached hydrogens (tertiary/aromatic N) is 1. The number of nitro benzene ring substituents is 1. The summed E-state index contributed by atoms with van der Waals surface area (Å²) < 4.78 is 33.9. The van der Waals surface area contributed by atoms with E-state index >= 15 is 0 Å². The minimum absolute atomic E-state index is 0.0254. The molecule has 11 heteroatoms. The van der Waals surface area contributed by atoms with Gasteiger partial charge in [0.15, 0.2) is 0 Å². The van der Waals surface area contributed by atoms with Crippen LogP contribution >= 0.6 is 0 Å². The summed E-state index contributed by atoms with van der Waals surface area (Å²) in [7, 11) is -4.24. The van der Waals surface area contributed by atoms with E-state index in [-0.39, 0.29) is 27.7 Å². The number of nitrogens with one attached hydrogen (secondary N) is 2. The zero-order valence-corrected chi connectivity index (χ0v) is 18.9. The van der Waals surface area contributed by atoms with Crippen LogP contribution in [-0.4, -0.2) is 31.3 Å². The predicted molar refractivity (Wildman–Crippen MR) is 117 cm³/mol. The molecule has 1 amide bonds. The van der Waals surface area contributed by atoms with Crippen molar-refractivity contribution in [3.63, 3.8) is 0 Å². The number of hydrogen-bond donors (Lipinski definition) is 2. The third-order valence-corrected chi connectivity index (χ3v) is 5.96. The number of carbonyl (C=O) groups excluding carboxylic acids is 2. The van der Waals surface area contributed by atoms with E-state index in [1.807, 2.05) is 0 Å². The van der Waals surface area contributed by atoms with Crippen molar-refractivity contribution in [2.45, 2.75) is 51.2 Å². The molecule has 172 valence electrons. The fourth-order valence-electron chi connectivity index (χ4n) is 3.06. The first-order chi connectivity index (χ1) is 14.9. The molecule has 0 bridgehead atoms. The van der Waals surface area contributed by atoms with Gasteiger partial charge in [0.05, 0.1) is 28.4 Å². The molecule has 0 radical (unpaired) electrons. The smallest absolute Gasteiger partial charge is 0.308 e. The number of aryl methyl sites for hydroxylation is 1. The van der Waals surface area contributed by atoms with Gasteiger partial charge in [-0.15, -0.1) is 0 Å². The van der Waals surface area contributed by atoms with Crippen molar-refractivity contribution in [1.82, 2.24) is 4.72 Å². The maximum Gasteiger partial charge on any atom is 0.308 e. The van der Waals surface area contributed by atoms with Gasteiger partial charge in [0, 0.05) is 24.2 Å². The topological polar surface area (TPSA) is 145 Å². The summed E-state index contributed by atoms with van der Waals surface area (Å²) in [5, 5.41) is 14.0. The van der Waals surface area contributed by atoms with E-state index < -0.39 is 39.5 Å². The minimum atomic E-state index is -4.24. The Hall–Kier alpha value is -3.31. The van der Waals surface area contributed by atoms with E-state index in [0.29, 0.717) is 5.56 Å². The Morgan fingerprint density at radius 2 is 1.81 bits per heavy atom. The summed E-state index contributed by atoms with van der Waals surface area (Å²) in [4.78, 5) is 34.4. The average molecular weight is 464 g/mol. The van der Waals surface area contributed by atoms with E-state index in [2.05, 4.69) is 10.0 Å². The minimum Gasteiger partial charge on any atom is -0.463 e. The summed E-state index contributed by atoms with van der Waals surface area (Å²) in [6.07, 6.45) is -0.894. The van der Waals surface area contributed by atoms with Gasteiger partial charge >= 0.3 is 5.97 Å². The Bertz CT molecular complexity index is 1130. The molecule has 0 spiro atoms. The zero-order chi connectivity index (χ0) is 24.1. The molecule has 2 rings (SSSR count). The van der Waals surface area contributed by atoms with Crippen LogP contribution < -0.4 is 10.0 Å². The number of esters is 1. The van der Waals surface area contributed by atoms with Crippen LogP contribution in [0.25, 0.3) is 0 Å². The normalized spacial score (nSPS) is 12.3. The summed E-state index contributed by atoms with van der Waals surface area (Å²) in [6, 6.07) is 8.67. The number of rotatable bonds is 9.